The summed E-state index contributed by atoms with van der Waals surface area (Å²) in [6.07, 6.45) is 0. The Kier molecular flexibility index (Phi) is 4.24. The third kappa shape index (κ3) is 3.43. The standard InChI is InChI=1S/C11H16ClN3O2S/c1-14-6-8-15(9-7-14)13-18(16,17)11-4-2-10(12)3-5-11/h2-5,13H,6-9H2,1H3/p+1. The van der Waals surface area contributed by atoms with Gasteiger partial charge in [-0.3, -0.25) is 4.90 Å². The van der Waals surface area contributed by atoms with Crippen LogP contribution in [0.5, 0.6) is 0 Å². The molecule has 1 aliphatic heterocycles. The van der Waals surface area contributed by atoms with E-state index in [9.17, 15) is 8.42 Å². The van der Waals surface area contributed by atoms with Crippen molar-refractivity contribution in [2.45, 2.75) is 4.90 Å². The van der Waals surface area contributed by atoms with Crippen molar-refractivity contribution in [3.63, 3.8) is 0 Å². The molecule has 0 unspecified atom stereocenters. The summed E-state index contributed by atoms with van der Waals surface area (Å²) in [5, 5.41) is 1.41. The van der Waals surface area contributed by atoms with Gasteiger partial charge in [0.05, 0.1) is 4.90 Å². The number of rotatable bonds is 3. The van der Waals surface area contributed by atoms with Crippen LogP contribution in [0.15, 0.2) is 29.2 Å². The minimum Gasteiger partial charge on any atom is -0.295 e. The molecule has 0 saturated carbocycles. The molecule has 18 heavy (non-hydrogen) atoms. The summed E-state index contributed by atoms with van der Waals surface area (Å²) < 4.78 is 24.2. The average molecular weight is 291 g/mol. The molecule has 1 heterocycles. The van der Waals surface area contributed by atoms with Gasteiger partial charge in [0.15, 0.2) is 0 Å². The maximum atomic E-state index is 12.1. The summed E-state index contributed by atoms with van der Waals surface area (Å²) >= 11 is 5.74. The van der Waals surface area contributed by atoms with Crippen molar-refractivity contribution >= 4 is 21.6 Å². The van der Waals surface area contributed by atoms with Crippen molar-refractivity contribution in [1.29, 1.82) is 0 Å². The van der Waals surface area contributed by atoms with Crippen LogP contribution in [0.3, 0.4) is 0 Å². The number of benzene rings is 1. The van der Waals surface area contributed by atoms with Gasteiger partial charge < -0.3 is 0 Å². The van der Waals surface area contributed by atoms with Crippen molar-refractivity contribution < 1.29 is 13.4 Å². The van der Waals surface area contributed by atoms with Gasteiger partial charge in [0.1, 0.15) is 13.1 Å². The number of sulfonamides is 1. The van der Waals surface area contributed by atoms with E-state index in [1.54, 1.807) is 12.1 Å². The maximum Gasteiger partial charge on any atom is 0.282 e. The fourth-order valence-electron chi connectivity index (χ4n) is 1.85. The van der Waals surface area contributed by atoms with Crippen molar-refractivity contribution in [3.8, 4) is 0 Å². The second-order valence-electron chi connectivity index (χ2n) is 4.47. The summed E-state index contributed by atoms with van der Waals surface area (Å²) in [5.41, 5.74) is 0. The minimum atomic E-state index is -3.46. The number of hydrogen-bond acceptors (Lipinski definition) is 3. The number of hydrogen-bond donors (Lipinski definition) is 2. The number of nitrogens with zero attached hydrogens (tertiary/aromatic N) is 1. The maximum absolute atomic E-state index is 12.1. The molecule has 0 amide bonds. The molecular weight excluding hydrogens is 274 g/mol. The highest BCUT2D eigenvalue weighted by Gasteiger charge is 2.24. The zero-order chi connectivity index (χ0) is 13.2. The second kappa shape index (κ2) is 5.54. The third-order valence-corrected chi connectivity index (χ3v) is 4.70. The van der Waals surface area contributed by atoms with Gasteiger partial charge in [0.2, 0.25) is 0 Å². The van der Waals surface area contributed by atoms with Crippen LogP contribution >= 0.6 is 11.6 Å². The lowest BCUT2D eigenvalue weighted by Crippen LogP contribution is -3.21. The lowest BCUT2D eigenvalue weighted by molar-refractivity contribution is -0.934. The van der Waals surface area contributed by atoms with Crippen LogP contribution in [-0.4, -0.2) is 46.5 Å². The van der Waals surface area contributed by atoms with Gasteiger partial charge in [-0.1, -0.05) is 16.4 Å². The Labute approximate surface area is 112 Å². The first kappa shape index (κ1) is 13.8. The summed E-state index contributed by atoms with van der Waals surface area (Å²) in [4.78, 5) is 5.10. The first-order chi connectivity index (χ1) is 8.47. The number of likely N-dealkylation sites (N-methyl/N-ethyl adjacent to an activating group) is 1. The van der Waals surface area contributed by atoms with Gasteiger partial charge in [0, 0.05) is 18.1 Å². The van der Waals surface area contributed by atoms with E-state index >= 15 is 0 Å². The van der Waals surface area contributed by atoms with Gasteiger partial charge in [-0.05, 0) is 31.3 Å². The predicted molar refractivity (Wildman–Crippen MR) is 70.0 cm³/mol. The van der Waals surface area contributed by atoms with Crippen LogP contribution in [0.4, 0.5) is 0 Å². The lowest BCUT2D eigenvalue weighted by atomic mass is 10.4. The van der Waals surface area contributed by atoms with Gasteiger partial charge in [-0.2, -0.15) is 0 Å². The van der Waals surface area contributed by atoms with E-state index < -0.39 is 10.0 Å². The Hall–Kier alpha value is -0.660. The monoisotopic (exact) mass is 290 g/mol. The highest BCUT2D eigenvalue weighted by atomic mass is 35.5. The quantitative estimate of drug-likeness (QED) is 0.779. The smallest absolute Gasteiger partial charge is 0.282 e. The largest absolute Gasteiger partial charge is 0.295 e. The number of halogens is 1. The Morgan fingerprint density at radius 2 is 1.78 bits per heavy atom. The van der Waals surface area contributed by atoms with Crippen LogP contribution in [-0.2, 0) is 10.0 Å². The average Bonchev–Trinajstić information content (AvgIpc) is 2.32. The van der Waals surface area contributed by atoms with Gasteiger partial charge in [-0.25, -0.2) is 13.4 Å². The molecule has 0 radical (unpaired) electrons. The van der Waals surface area contributed by atoms with E-state index in [2.05, 4.69) is 9.73 Å². The van der Waals surface area contributed by atoms with Crippen LogP contribution < -0.4 is 9.84 Å². The molecule has 2 rings (SSSR count). The summed E-state index contributed by atoms with van der Waals surface area (Å²) in [7, 11) is -1.43. The molecule has 0 aromatic heterocycles. The van der Waals surface area contributed by atoms with Gasteiger partial charge >= 0.3 is 0 Å². The molecule has 1 aliphatic rings. The zero-order valence-electron chi connectivity index (χ0n) is 10.2. The van der Waals surface area contributed by atoms with Crippen molar-refractivity contribution in [2.24, 2.45) is 0 Å². The number of nitrogens with one attached hydrogen (secondary N) is 2. The molecule has 0 bridgehead atoms. The Bertz CT molecular complexity index is 496. The summed E-state index contributed by atoms with van der Waals surface area (Å²) in [6.45, 7) is 3.31. The fourth-order valence-corrected chi connectivity index (χ4v) is 3.18. The van der Waals surface area contributed by atoms with E-state index in [-0.39, 0.29) is 4.90 Å². The molecule has 5 nitrogen and oxygen atoms in total. The molecule has 1 aromatic carbocycles. The molecule has 7 heteroatoms. The molecule has 0 atom stereocenters. The fraction of sp³-hybridized carbons (Fsp3) is 0.455. The Morgan fingerprint density at radius 3 is 2.33 bits per heavy atom. The van der Waals surface area contributed by atoms with E-state index in [1.165, 1.54) is 12.1 Å². The van der Waals surface area contributed by atoms with Gasteiger partial charge in [-0.15, -0.1) is 0 Å². The van der Waals surface area contributed by atoms with Crippen LogP contribution in [0.2, 0.25) is 5.02 Å². The Balaban J connectivity index is 2.05. The van der Waals surface area contributed by atoms with E-state index in [0.29, 0.717) is 5.02 Å². The zero-order valence-corrected chi connectivity index (χ0v) is 11.8. The van der Waals surface area contributed by atoms with Crippen LogP contribution in [0.1, 0.15) is 0 Å². The third-order valence-electron chi connectivity index (χ3n) is 2.99. The van der Waals surface area contributed by atoms with E-state index in [0.717, 1.165) is 31.2 Å². The first-order valence-electron chi connectivity index (χ1n) is 5.79. The number of quaternary nitrogens is 1. The predicted octanol–water partition coefficient (Wildman–Crippen LogP) is -0.636. The highest BCUT2D eigenvalue weighted by molar-refractivity contribution is 7.89. The van der Waals surface area contributed by atoms with E-state index in [4.69, 9.17) is 11.6 Å². The normalized spacial score (nSPS) is 19.0. The second-order valence-corrected chi connectivity index (χ2v) is 6.59. The van der Waals surface area contributed by atoms with Crippen molar-refractivity contribution in [1.82, 2.24) is 9.73 Å². The molecule has 2 N–H and O–H groups in total. The lowest BCUT2D eigenvalue weighted by Gasteiger charge is -2.28. The van der Waals surface area contributed by atoms with Crippen molar-refractivity contribution in [2.75, 3.05) is 33.2 Å². The van der Waals surface area contributed by atoms with E-state index in [1.807, 2.05) is 7.05 Å². The summed E-state index contributed by atoms with van der Waals surface area (Å²) in [5.74, 6) is 0. The summed E-state index contributed by atoms with van der Waals surface area (Å²) in [6, 6.07) is 6.19. The molecule has 1 fully saturated rings. The number of piperazine rings is 1. The van der Waals surface area contributed by atoms with Crippen LogP contribution in [0.25, 0.3) is 0 Å². The minimum absolute atomic E-state index is 0.248. The molecule has 1 aromatic rings. The first-order valence-corrected chi connectivity index (χ1v) is 7.65. The Morgan fingerprint density at radius 1 is 1.22 bits per heavy atom. The SMILES string of the molecule is CN1CC[NH+](NS(=O)(=O)c2ccc(Cl)cc2)CC1. The van der Waals surface area contributed by atoms with Crippen LogP contribution in [0, 0.1) is 0 Å². The molecule has 100 valence electrons. The molecular formula is C11H17ClN3O2S+. The molecule has 0 aliphatic carbocycles. The van der Waals surface area contributed by atoms with Crippen molar-refractivity contribution in [3.05, 3.63) is 29.3 Å². The molecule has 0 spiro atoms. The molecule has 1 saturated heterocycles. The van der Waals surface area contributed by atoms with Gasteiger partial charge in [0.25, 0.3) is 10.0 Å². The highest BCUT2D eigenvalue weighted by Crippen LogP contribution is 2.12. The topological polar surface area (TPSA) is 53.9 Å².